The fourth-order valence-corrected chi connectivity index (χ4v) is 4.03. The zero-order valence-electron chi connectivity index (χ0n) is 16.3. The van der Waals surface area contributed by atoms with Gasteiger partial charge in [0, 0.05) is 52.0 Å². The summed E-state index contributed by atoms with van der Waals surface area (Å²) in [5.74, 6) is 1.58. The Morgan fingerprint density at radius 3 is 2.56 bits per heavy atom. The fourth-order valence-electron chi connectivity index (χ4n) is 2.69. The molecule has 1 atom stereocenters. The molecule has 0 saturated carbocycles. The summed E-state index contributed by atoms with van der Waals surface area (Å²) in [5.41, 5.74) is 0. The molecule has 0 aromatic carbocycles. The quantitative estimate of drug-likeness (QED) is 0.325. The summed E-state index contributed by atoms with van der Waals surface area (Å²) in [7, 11) is -1.60. The van der Waals surface area contributed by atoms with Gasteiger partial charge in [-0.15, -0.1) is 24.0 Å². The van der Waals surface area contributed by atoms with Crippen LogP contribution in [0.1, 0.15) is 20.3 Å². The molecule has 2 heterocycles. The molecule has 1 aromatic heterocycles. The van der Waals surface area contributed by atoms with Gasteiger partial charge >= 0.3 is 0 Å². The minimum atomic E-state index is -3.29. The number of pyridine rings is 1. The third-order valence-corrected chi connectivity index (χ3v) is 6.35. The maximum Gasteiger partial charge on any atom is 0.215 e. The Balaban J connectivity index is 0.00000364. The molecule has 27 heavy (non-hydrogen) atoms. The van der Waals surface area contributed by atoms with E-state index in [-0.39, 0.29) is 35.8 Å². The summed E-state index contributed by atoms with van der Waals surface area (Å²) < 4.78 is 26.7. The Morgan fingerprint density at radius 2 is 2.00 bits per heavy atom. The van der Waals surface area contributed by atoms with Crippen LogP contribution in [-0.4, -0.2) is 75.2 Å². The Hall–Kier alpha value is -1.14. The molecule has 0 aliphatic carbocycles. The lowest BCUT2D eigenvalue weighted by Crippen LogP contribution is -2.51. The molecule has 2 rings (SSSR count). The van der Waals surface area contributed by atoms with Crippen LogP contribution in [0.5, 0.6) is 0 Å². The van der Waals surface area contributed by atoms with Gasteiger partial charge in [-0.2, -0.15) is 4.31 Å². The molecule has 1 aliphatic rings. The van der Waals surface area contributed by atoms with Crippen LogP contribution in [0.3, 0.4) is 0 Å². The minimum absolute atomic E-state index is 0. The van der Waals surface area contributed by atoms with E-state index in [0.29, 0.717) is 38.7 Å². The van der Waals surface area contributed by atoms with Crippen molar-refractivity contribution in [1.82, 2.24) is 19.9 Å². The van der Waals surface area contributed by atoms with E-state index in [9.17, 15) is 8.42 Å². The van der Waals surface area contributed by atoms with E-state index < -0.39 is 10.0 Å². The lowest BCUT2D eigenvalue weighted by molar-refractivity contribution is 0.384. The van der Waals surface area contributed by atoms with Gasteiger partial charge in [0.15, 0.2) is 5.96 Å². The van der Waals surface area contributed by atoms with Crippen LogP contribution in [0.2, 0.25) is 0 Å². The van der Waals surface area contributed by atoms with Crippen LogP contribution in [0.4, 0.5) is 5.82 Å². The van der Waals surface area contributed by atoms with Crippen LogP contribution in [0.15, 0.2) is 29.4 Å². The highest BCUT2D eigenvalue weighted by molar-refractivity contribution is 14.0. The summed E-state index contributed by atoms with van der Waals surface area (Å²) in [6.45, 7) is 6.75. The predicted molar refractivity (Wildman–Crippen MR) is 121 cm³/mol. The van der Waals surface area contributed by atoms with E-state index in [4.69, 9.17) is 0 Å². The average Bonchev–Trinajstić information content (AvgIpc) is 2.67. The molecule has 8 nitrogen and oxygen atoms in total. The lowest BCUT2D eigenvalue weighted by Gasteiger charge is -2.34. The van der Waals surface area contributed by atoms with Crippen LogP contribution in [0.25, 0.3) is 0 Å². The van der Waals surface area contributed by atoms with Gasteiger partial charge in [-0.1, -0.05) is 13.0 Å². The molecule has 0 amide bonds. The molecule has 0 bridgehead atoms. The smallest absolute Gasteiger partial charge is 0.215 e. The van der Waals surface area contributed by atoms with Crippen molar-refractivity contribution in [1.29, 1.82) is 0 Å². The van der Waals surface area contributed by atoms with E-state index in [2.05, 4.69) is 39.4 Å². The molecule has 1 aromatic rings. The van der Waals surface area contributed by atoms with Gasteiger partial charge in [0.2, 0.25) is 10.0 Å². The molecule has 1 unspecified atom stereocenters. The van der Waals surface area contributed by atoms with Crippen molar-refractivity contribution >= 4 is 45.8 Å². The predicted octanol–water partition coefficient (Wildman–Crippen LogP) is 1.11. The van der Waals surface area contributed by atoms with Crippen LogP contribution in [0, 0.1) is 0 Å². The van der Waals surface area contributed by atoms with E-state index >= 15 is 0 Å². The standard InChI is InChI=1S/C17H30N6O2S.HI/c1-4-15(2)21-17(18-3)20-9-14-26(24,25)23-12-10-22(11-13-23)16-7-5-6-8-19-16;/h5-8,15H,4,9-14H2,1-3H3,(H2,18,20,21);1H. The van der Waals surface area contributed by atoms with Crippen LogP contribution >= 0.6 is 24.0 Å². The second-order valence-corrected chi connectivity index (χ2v) is 8.43. The summed E-state index contributed by atoms with van der Waals surface area (Å²) in [5, 5.41) is 6.30. The third kappa shape index (κ3) is 7.41. The molecule has 0 radical (unpaired) electrons. The average molecular weight is 510 g/mol. The van der Waals surface area contributed by atoms with Gasteiger partial charge in [-0.3, -0.25) is 4.99 Å². The Bertz CT molecular complexity index is 678. The van der Waals surface area contributed by atoms with E-state index in [1.54, 1.807) is 17.5 Å². The summed E-state index contributed by atoms with van der Waals surface area (Å²) >= 11 is 0. The number of anilines is 1. The van der Waals surface area contributed by atoms with Gasteiger partial charge in [0.25, 0.3) is 0 Å². The number of nitrogens with one attached hydrogen (secondary N) is 2. The first kappa shape index (κ1) is 23.9. The van der Waals surface area contributed by atoms with Gasteiger partial charge in [-0.25, -0.2) is 13.4 Å². The van der Waals surface area contributed by atoms with Gasteiger partial charge in [0.1, 0.15) is 5.82 Å². The molecule has 1 aliphatic heterocycles. The van der Waals surface area contributed by atoms with Crippen LogP contribution < -0.4 is 15.5 Å². The van der Waals surface area contributed by atoms with E-state index in [1.165, 1.54) is 0 Å². The lowest BCUT2D eigenvalue weighted by atomic mass is 10.3. The summed E-state index contributed by atoms with van der Waals surface area (Å²) in [4.78, 5) is 10.6. The molecular weight excluding hydrogens is 479 g/mol. The van der Waals surface area contributed by atoms with E-state index in [0.717, 1.165) is 12.2 Å². The second kappa shape index (κ2) is 11.6. The molecular formula is C17H31IN6O2S. The zero-order chi connectivity index (χ0) is 19.0. The highest BCUT2D eigenvalue weighted by Gasteiger charge is 2.27. The Morgan fingerprint density at radius 1 is 1.30 bits per heavy atom. The number of guanidine groups is 1. The van der Waals surface area contributed by atoms with Crippen LogP contribution in [-0.2, 0) is 10.0 Å². The normalized spacial score (nSPS) is 17.1. The number of aromatic nitrogens is 1. The first-order chi connectivity index (χ1) is 12.5. The number of hydrogen-bond acceptors (Lipinski definition) is 5. The van der Waals surface area contributed by atoms with Gasteiger partial charge in [0.05, 0.1) is 5.75 Å². The number of piperazine rings is 1. The molecule has 1 saturated heterocycles. The van der Waals surface area contributed by atoms with E-state index in [1.807, 2.05) is 18.2 Å². The van der Waals surface area contributed by atoms with Crippen molar-refractivity contribution in [3.05, 3.63) is 24.4 Å². The largest absolute Gasteiger partial charge is 0.355 e. The first-order valence-electron chi connectivity index (χ1n) is 9.07. The number of sulfonamides is 1. The van der Waals surface area contributed by atoms with Crippen molar-refractivity contribution < 1.29 is 8.42 Å². The zero-order valence-corrected chi connectivity index (χ0v) is 19.4. The van der Waals surface area contributed by atoms with Crippen molar-refractivity contribution in [2.75, 3.05) is 50.4 Å². The van der Waals surface area contributed by atoms with Gasteiger partial charge in [-0.05, 0) is 25.5 Å². The van der Waals surface area contributed by atoms with Crippen molar-refractivity contribution in [3.63, 3.8) is 0 Å². The molecule has 1 fully saturated rings. The topological polar surface area (TPSA) is 89.9 Å². The summed E-state index contributed by atoms with van der Waals surface area (Å²) in [6.07, 6.45) is 2.73. The number of halogens is 1. The SMILES string of the molecule is CCC(C)NC(=NC)NCCS(=O)(=O)N1CCN(c2ccccn2)CC1.I. The molecule has 2 N–H and O–H groups in total. The fraction of sp³-hybridized carbons (Fsp3) is 0.647. The number of aliphatic imine (C=N–C) groups is 1. The number of rotatable bonds is 7. The molecule has 10 heteroatoms. The van der Waals surface area contributed by atoms with Gasteiger partial charge < -0.3 is 15.5 Å². The van der Waals surface area contributed by atoms with Crippen molar-refractivity contribution in [2.24, 2.45) is 4.99 Å². The number of nitrogens with zero attached hydrogens (tertiary/aromatic N) is 4. The monoisotopic (exact) mass is 510 g/mol. The molecule has 154 valence electrons. The summed E-state index contributed by atoms with van der Waals surface area (Å²) in [6, 6.07) is 6.06. The first-order valence-corrected chi connectivity index (χ1v) is 10.7. The second-order valence-electron chi connectivity index (χ2n) is 6.34. The maximum absolute atomic E-state index is 12.6. The Labute approximate surface area is 179 Å². The highest BCUT2D eigenvalue weighted by atomic mass is 127. The number of hydrogen-bond donors (Lipinski definition) is 2. The third-order valence-electron chi connectivity index (χ3n) is 4.48. The molecule has 0 spiro atoms. The van der Waals surface area contributed by atoms with Crippen molar-refractivity contribution in [3.8, 4) is 0 Å². The maximum atomic E-state index is 12.6. The highest BCUT2D eigenvalue weighted by Crippen LogP contribution is 2.14. The van der Waals surface area contributed by atoms with Crippen molar-refractivity contribution in [2.45, 2.75) is 26.3 Å². The Kier molecular flexibility index (Phi) is 10.3. The minimum Gasteiger partial charge on any atom is -0.355 e.